The van der Waals surface area contributed by atoms with Gasteiger partial charge in [-0.15, -0.1) is 0 Å². The van der Waals surface area contributed by atoms with E-state index in [-0.39, 0.29) is 6.61 Å². The summed E-state index contributed by atoms with van der Waals surface area (Å²) in [5.41, 5.74) is 4.88. The molecule has 11 heteroatoms. The molecule has 0 aliphatic rings. The third kappa shape index (κ3) is 9.37. The van der Waals surface area contributed by atoms with Crippen LogP contribution in [0, 0.1) is 13.8 Å². The number of rotatable bonds is 7. The molecular weight excluding hydrogens is 481 g/mol. The summed E-state index contributed by atoms with van der Waals surface area (Å²) < 4.78 is 42.4. The monoisotopic (exact) mass is 514 g/mol. The van der Waals surface area contributed by atoms with Crippen molar-refractivity contribution in [3.05, 3.63) is 51.8 Å². The molecular formula is C25H33F3N2O6. The van der Waals surface area contributed by atoms with E-state index in [2.05, 4.69) is 37.0 Å². The first-order valence-corrected chi connectivity index (χ1v) is 11.3. The van der Waals surface area contributed by atoms with Gasteiger partial charge in [-0.3, -0.25) is 0 Å². The van der Waals surface area contributed by atoms with Gasteiger partial charge in [0.25, 0.3) is 0 Å². The maximum Gasteiger partial charge on any atom is 0.430 e. The van der Waals surface area contributed by atoms with Crippen molar-refractivity contribution in [3.8, 4) is 0 Å². The molecule has 0 fully saturated rings. The molecule has 200 valence electrons. The minimum Gasteiger partial charge on any atom is -0.542 e. The Balaban J connectivity index is 0.000000809. The summed E-state index contributed by atoms with van der Waals surface area (Å²) >= 11 is 0. The lowest BCUT2D eigenvalue weighted by Gasteiger charge is -2.19. The number of quaternary nitrogens is 1. The molecule has 36 heavy (non-hydrogen) atoms. The van der Waals surface area contributed by atoms with Gasteiger partial charge in [0.1, 0.15) is 29.5 Å². The molecule has 0 amide bonds. The van der Waals surface area contributed by atoms with Gasteiger partial charge in [0.05, 0.1) is 17.9 Å². The second-order valence-electron chi connectivity index (χ2n) is 9.02. The number of aryl methyl sites for hydroxylation is 2. The lowest BCUT2D eigenvalue weighted by molar-refractivity contribution is -0.589. The average Bonchev–Trinajstić information content (AvgIpc) is 3.09. The fraction of sp³-hybridized carbons (Fsp3) is 0.480. The molecule has 1 heterocycles. The standard InChI is InChI=1S/C23H32N2O4.C2HF3O2/c1-8-17-19(21(26)28-9-2)18(25-20(17)22(27)29-23(5,6)7)13-24-16-11-14(3)10-15(4)12-16;3-2(4,5)1(6)7/h10-12,24-25H,8-9,13H2,1-7H3;(H,6,7). The number of aromatic nitrogens is 1. The predicted molar refractivity (Wildman–Crippen MR) is 124 cm³/mol. The number of carboxylic acid groups (broad SMARTS) is 1. The highest BCUT2D eigenvalue weighted by molar-refractivity contribution is 5.98. The average molecular weight is 515 g/mol. The number of carboxylic acids is 1. The second-order valence-corrected chi connectivity index (χ2v) is 9.02. The first kappa shape index (κ1) is 30.7. The Kier molecular flexibility index (Phi) is 10.7. The van der Waals surface area contributed by atoms with Crippen LogP contribution < -0.4 is 10.4 Å². The highest BCUT2D eigenvalue weighted by Gasteiger charge is 2.30. The van der Waals surface area contributed by atoms with Gasteiger partial charge < -0.3 is 29.7 Å². The first-order valence-electron chi connectivity index (χ1n) is 11.3. The third-order valence-corrected chi connectivity index (χ3v) is 4.63. The van der Waals surface area contributed by atoms with Crippen molar-refractivity contribution in [1.29, 1.82) is 0 Å². The molecule has 0 bridgehead atoms. The van der Waals surface area contributed by atoms with E-state index in [1.807, 2.05) is 33.0 Å². The predicted octanol–water partition coefficient (Wildman–Crippen LogP) is 3.02. The fourth-order valence-electron chi connectivity index (χ4n) is 3.40. The summed E-state index contributed by atoms with van der Waals surface area (Å²) in [5, 5.41) is 10.8. The van der Waals surface area contributed by atoms with Gasteiger partial charge >= 0.3 is 18.1 Å². The van der Waals surface area contributed by atoms with Crippen molar-refractivity contribution in [2.75, 3.05) is 6.61 Å². The minimum absolute atomic E-state index is 0.273. The summed E-state index contributed by atoms with van der Waals surface area (Å²) in [5.74, 6) is -3.88. The number of nitrogens with one attached hydrogen (secondary N) is 1. The van der Waals surface area contributed by atoms with Crippen LogP contribution in [-0.2, 0) is 27.2 Å². The number of ether oxygens (including phenoxy) is 2. The van der Waals surface area contributed by atoms with E-state index in [4.69, 9.17) is 19.4 Å². The Bertz CT molecular complexity index is 1060. The molecule has 0 spiro atoms. The smallest absolute Gasteiger partial charge is 0.430 e. The maximum atomic E-state index is 12.7. The Labute approximate surface area is 208 Å². The van der Waals surface area contributed by atoms with E-state index in [1.54, 1.807) is 6.92 Å². The number of hydrogen-bond acceptors (Lipinski definition) is 6. The molecule has 0 unspecified atom stereocenters. The van der Waals surface area contributed by atoms with E-state index >= 15 is 0 Å². The van der Waals surface area contributed by atoms with Gasteiger partial charge in [-0.1, -0.05) is 13.0 Å². The van der Waals surface area contributed by atoms with Crippen molar-refractivity contribution in [1.82, 2.24) is 4.98 Å². The number of aliphatic carboxylic acids is 1. The van der Waals surface area contributed by atoms with Gasteiger partial charge in [0, 0.05) is 12.1 Å². The van der Waals surface area contributed by atoms with Crippen LogP contribution in [0.2, 0.25) is 0 Å². The van der Waals surface area contributed by atoms with Crippen LogP contribution in [0.25, 0.3) is 0 Å². The SMILES string of the molecule is CCOC(=O)c1c(C[NH2+]c2cc(C)cc(C)c2)[nH]c(C(=O)OC(C)(C)C)c1CC.O=C([O-])C(F)(F)F. The molecule has 0 atom stereocenters. The number of aromatic amines is 1. The summed E-state index contributed by atoms with van der Waals surface area (Å²) in [4.78, 5) is 37.4. The zero-order valence-corrected chi connectivity index (χ0v) is 21.5. The number of alkyl halides is 3. The Morgan fingerprint density at radius 1 is 1.00 bits per heavy atom. The van der Waals surface area contributed by atoms with Crippen molar-refractivity contribution < 1.29 is 47.5 Å². The Hall–Kier alpha value is -3.34. The van der Waals surface area contributed by atoms with E-state index in [0.717, 1.165) is 5.69 Å². The molecule has 1 aromatic carbocycles. The van der Waals surface area contributed by atoms with Crippen LogP contribution in [0.5, 0.6) is 0 Å². The first-order chi connectivity index (χ1) is 16.5. The molecule has 2 aromatic rings. The fourth-order valence-corrected chi connectivity index (χ4v) is 3.40. The Morgan fingerprint density at radius 2 is 1.53 bits per heavy atom. The molecule has 0 aliphatic heterocycles. The molecule has 8 nitrogen and oxygen atoms in total. The maximum absolute atomic E-state index is 12.7. The summed E-state index contributed by atoms with van der Waals surface area (Å²) in [7, 11) is 0. The number of esters is 2. The van der Waals surface area contributed by atoms with Crippen LogP contribution in [0.1, 0.15) is 77.8 Å². The van der Waals surface area contributed by atoms with E-state index in [9.17, 15) is 22.8 Å². The molecule has 0 saturated heterocycles. The lowest BCUT2D eigenvalue weighted by Crippen LogP contribution is -2.76. The second kappa shape index (κ2) is 12.6. The number of carbonyl (C=O) groups excluding carboxylic acids is 3. The summed E-state index contributed by atoms with van der Waals surface area (Å²) in [6.45, 7) is 14.0. The molecule has 0 saturated carbocycles. The van der Waals surface area contributed by atoms with E-state index in [1.165, 1.54) is 11.1 Å². The summed E-state index contributed by atoms with van der Waals surface area (Å²) in [6, 6.07) is 6.30. The molecule has 0 aliphatic carbocycles. The number of nitrogens with two attached hydrogens (primary N) is 1. The van der Waals surface area contributed by atoms with Gasteiger partial charge in [-0.25, -0.2) is 9.59 Å². The number of hydrogen-bond donors (Lipinski definition) is 2. The number of carbonyl (C=O) groups is 3. The van der Waals surface area contributed by atoms with Crippen molar-refractivity contribution in [3.63, 3.8) is 0 Å². The van der Waals surface area contributed by atoms with Crippen molar-refractivity contribution >= 4 is 23.6 Å². The van der Waals surface area contributed by atoms with Crippen LogP contribution in [0.3, 0.4) is 0 Å². The normalized spacial score (nSPS) is 11.4. The van der Waals surface area contributed by atoms with Crippen LogP contribution in [0.4, 0.5) is 18.9 Å². The van der Waals surface area contributed by atoms with Crippen LogP contribution >= 0.6 is 0 Å². The zero-order chi connectivity index (χ0) is 27.8. The molecule has 3 N–H and O–H groups in total. The van der Waals surface area contributed by atoms with Gasteiger partial charge in [0.2, 0.25) is 0 Å². The highest BCUT2D eigenvalue weighted by atomic mass is 19.4. The lowest BCUT2D eigenvalue weighted by atomic mass is 10.1. The largest absolute Gasteiger partial charge is 0.542 e. The van der Waals surface area contributed by atoms with Crippen LogP contribution in [-0.4, -0.2) is 41.3 Å². The Morgan fingerprint density at radius 3 is 1.94 bits per heavy atom. The minimum atomic E-state index is -5.19. The topological polar surface area (TPSA) is 125 Å². The molecule has 0 radical (unpaired) electrons. The van der Waals surface area contributed by atoms with Gasteiger partial charge in [0.15, 0.2) is 0 Å². The van der Waals surface area contributed by atoms with E-state index in [0.29, 0.717) is 35.5 Å². The van der Waals surface area contributed by atoms with Crippen molar-refractivity contribution in [2.24, 2.45) is 0 Å². The van der Waals surface area contributed by atoms with Gasteiger partial charge in [-0.2, -0.15) is 13.2 Å². The van der Waals surface area contributed by atoms with Crippen molar-refractivity contribution in [2.45, 2.75) is 73.2 Å². The highest BCUT2D eigenvalue weighted by Crippen LogP contribution is 2.24. The number of benzene rings is 1. The quantitative estimate of drug-likeness (QED) is 0.432. The van der Waals surface area contributed by atoms with Crippen LogP contribution in [0.15, 0.2) is 18.2 Å². The van der Waals surface area contributed by atoms with E-state index < -0.39 is 29.7 Å². The zero-order valence-electron chi connectivity index (χ0n) is 21.5. The molecule has 2 rings (SSSR count). The van der Waals surface area contributed by atoms with Gasteiger partial charge in [-0.05, 0) is 64.7 Å². The number of halogens is 3. The third-order valence-electron chi connectivity index (χ3n) is 4.63. The molecule has 1 aromatic heterocycles. The summed E-state index contributed by atoms with van der Waals surface area (Å²) in [6.07, 6.45) is -4.68. The number of H-pyrrole nitrogens is 1.